The number of benzene rings is 2. The number of halogens is 3. The number of pyridine rings is 1. The summed E-state index contributed by atoms with van der Waals surface area (Å²) in [7, 11) is 0. The third kappa shape index (κ3) is 6.84. The van der Waals surface area contributed by atoms with E-state index in [9.17, 15) is 13.2 Å². The molecule has 2 aromatic carbocycles. The number of H-pyrrole nitrogens is 1. The lowest BCUT2D eigenvalue weighted by atomic mass is 10.0. The first-order valence-corrected chi connectivity index (χ1v) is 13.5. The lowest BCUT2D eigenvalue weighted by molar-refractivity contribution is 0.0115. The van der Waals surface area contributed by atoms with Gasteiger partial charge in [-0.2, -0.15) is 5.10 Å². The van der Waals surface area contributed by atoms with Crippen LogP contribution >= 0.6 is 0 Å². The van der Waals surface area contributed by atoms with Crippen molar-refractivity contribution in [1.82, 2.24) is 25.4 Å². The van der Waals surface area contributed by atoms with Gasteiger partial charge in [-0.25, -0.2) is 13.2 Å². The van der Waals surface area contributed by atoms with Crippen molar-refractivity contribution in [3.63, 3.8) is 0 Å². The summed E-state index contributed by atoms with van der Waals surface area (Å²) in [6.45, 7) is 10.8. The summed E-state index contributed by atoms with van der Waals surface area (Å²) in [4.78, 5) is 6.13. The smallest absolute Gasteiger partial charge is 0.261 e. The molecule has 1 aliphatic heterocycles. The van der Waals surface area contributed by atoms with E-state index in [1.807, 2.05) is 55.5 Å². The number of aromatic amines is 1. The van der Waals surface area contributed by atoms with Gasteiger partial charge in [-0.15, -0.1) is 0 Å². The van der Waals surface area contributed by atoms with Crippen molar-refractivity contribution in [1.29, 1.82) is 0 Å². The normalized spacial score (nSPS) is 15.6. The maximum absolute atomic E-state index is 14.0. The van der Waals surface area contributed by atoms with E-state index >= 15 is 0 Å². The fourth-order valence-corrected chi connectivity index (χ4v) is 4.95. The molecule has 0 unspecified atom stereocenters. The summed E-state index contributed by atoms with van der Waals surface area (Å²) in [6, 6.07) is 14.6. The van der Waals surface area contributed by atoms with Gasteiger partial charge < -0.3 is 5.32 Å². The monoisotopic (exact) mass is 555 g/mol. The summed E-state index contributed by atoms with van der Waals surface area (Å²) in [5.74, 6) is -2.87. The van der Waals surface area contributed by atoms with Gasteiger partial charge in [0, 0.05) is 48.6 Å². The second kappa shape index (κ2) is 12.0. The van der Waals surface area contributed by atoms with Crippen molar-refractivity contribution in [2.75, 3.05) is 13.1 Å². The van der Waals surface area contributed by atoms with Gasteiger partial charge in [-0.3, -0.25) is 15.0 Å². The molecule has 41 heavy (non-hydrogen) atoms. The highest BCUT2D eigenvalue weighted by Crippen LogP contribution is 2.30. The molecule has 0 radical (unpaired) electrons. The van der Waals surface area contributed by atoms with Crippen LogP contribution in [0, 0.1) is 5.82 Å². The molecule has 4 aromatic rings. The van der Waals surface area contributed by atoms with Crippen LogP contribution < -0.4 is 5.32 Å². The maximum Gasteiger partial charge on any atom is 0.261 e. The number of hydrogen-bond acceptors (Lipinski definition) is 4. The minimum atomic E-state index is -2.62. The molecule has 210 valence electrons. The number of nitrogens with zero attached hydrogens (tertiary/aromatic N) is 3. The number of fused-ring (bicyclic) bond motifs is 1. The van der Waals surface area contributed by atoms with E-state index in [2.05, 4.69) is 33.7 Å². The molecule has 1 fully saturated rings. The third-order valence-corrected chi connectivity index (χ3v) is 7.11. The SMILES string of the molecule is C=C(/C=C\C(=C/C)NC(=C)c1n[nH]c2ccc(-c3cncc(CN4CCC(F)(F)C4)c3)cc12)Cc1ccccc1F. The molecule has 0 atom stereocenters. The Hall–Kier alpha value is -4.43. The zero-order chi connectivity index (χ0) is 29.0. The number of hydrogen-bond donors (Lipinski definition) is 2. The Labute approximate surface area is 237 Å². The standard InChI is InChI=1S/C33H32F3N5/c1-4-28(11-9-22(2)15-26-7-5-6-8-30(26)34)38-23(3)32-29-17-25(10-12-31(29)39-40-32)27-16-24(18-37-19-27)20-41-14-13-33(35,36)21-41/h4-12,16-19,38H,2-3,13-15,20-21H2,1H3,(H,39,40)/b11-9-,28-4+. The molecule has 3 heterocycles. The first-order valence-electron chi connectivity index (χ1n) is 13.5. The van der Waals surface area contributed by atoms with Crippen LogP contribution in [0.5, 0.6) is 0 Å². The van der Waals surface area contributed by atoms with Gasteiger partial charge >= 0.3 is 0 Å². The molecule has 2 N–H and O–H groups in total. The Kier molecular flexibility index (Phi) is 8.21. The minimum Gasteiger partial charge on any atom is -0.354 e. The van der Waals surface area contributed by atoms with Gasteiger partial charge in [0.05, 0.1) is 17.8 Å². The first kappa shape index (κ1) is 28.1. The molecule has 5 nitrogen and oxygen atoms in total. The van der Waals surface area contributed by atoms with E-state index in [-0.39, 0.29) is 18.8 Å². The number of allylic oxidation sites excluding steroid dienone is 4. The second-order valence-corrected chi connectivity index (χ2v) is 10.3. The molecule has 8 heteroatoms. The summed E-state index contributed by atoms with van der Waals surface area (Å²) < 4.78 is 41.3. The van der Waals surface area contributed by atoms with E-state index in [0.29, 0.717) is 36.5 Å². The Balaban J connectivity index is 1.29. The van der Waals surface area contributed by atoms with E-state index in [4.69, 9.17) is 0 Å². The van der Waals surface area contributed by atoms with E-state index in [1.165, 1.54) is 6.07 Å². The Bertz CT molecular complexity index is 1650. The van der Waals surface area contributed by atoms with E-state index < -0.39 is 5.92 Å². The first-order chi connectivity index (χ1) is 19.7. The van der Waals surface area contributed by atoms with Gasteiger partial charge in [-0.05, 0) is 60.4 Å². The van der Waals surface area contributed by atoms with Crippen molar-refractivity contribution in [3.8, 4) is 11.1 Å². The Morgan fingerprint density at radius 1 is 1.10 bits per heavy atom. The molecule has 0 spiro atoms. The predicted molar refractivity (Wildman–Crippen MR) is 158 cm³/mol. The van der Waals surface area contributed by atoms with Crippen molar-refractivity contribution in [2.45, 2.75) is 32.2 Å². The number of aromatic nitrogens is 3. The molecule has 0 bridgehead atoms. The van der Waals surface area contributed by atoms with Crippen LogP contribution in [0.1, 0.15) is 30.2 Å². The molecular weight excluding hydrogens is 523 g/mol. The number of nitrogens with one attached hydrogen (secondary N) is 2. The summed E-state index contributed by atoms with van der Waals surface area (Å²) in [5, 5.41) is 11.7. The number of alkyl halides is 2. The third-order valence-electron chi connectivity index (χ3n) is 7.11. The molecule has 0 aliphatic carbocycles. The molecule has 0 amide bonds. The summed E-state index contributed by atoms with van der Waals surface area (Å²) in [6.07, 6.45) is 9.44. The van der Waals surface area contributed by atoms with Gasteiger partial charge in [0.2, 0.25) is 0 Å². The number of rotatable bonds is 10. The summed E-state index contributed by atoms with van der Waals surface area (Å²) >= 11 is 0. The van der Waals surface area contributed by atoms with Gasteiger partial charge in [0.25, 0.3) is 5.92 Å². The van der Waals surface area contributed by atoms with Crippen molar-refractivity contribution < 1.29 is 13.2 Å². The topological polar surface area (TPSA) is 56.8 Å². The minimum absolute atomic E-state index is 0.106. The fraction of sp³-hybridized carbons (Fsp3) is 0.212. The molecular formula is C33H32F3N5. The largest absolute Gasteiger partial charge is 0.354 e. The molecule has 0 saturated carbocycles. The van der Waals surface area contributed by atoms with Gasteiger partial charge in [0.15, 0.2) is 0 Å². The van der Waals surface area contributed by atoms with Crippen LogP contribution in [0.2, 0.25) is 0 Å². The van der Waals surface area contributed by atoms with Crippen LogP contribution in [0.15, 0.2) is 104 Å². The van der Waals surface area contributed by atoms with Crippen LogP contribution in [0.25, 0.3) is 27.7 Å². The maximum atomic E-state index is 14.0. The van der Waals surface area contributed by atoms with Gasteiger partial charge in [0.1, 0.15) is 11.5 Å². The highest BCUT2D eigenvalue weighted by molar-refractivity contribution is 5.92. The van der Waals surface area contributed by atoms with E-state index in [1.54, 1.807) is 29.4 Å². The fourth-order valence-electron chi connectivity index (χ4n) is 4.95. The van der Waals surface area contributed by atoms with Crippen LogP contribution in [0.4, 0.5) is 13.2 Å². The van der Waals surface area contributed by atoms with Crippen molar-refractivity contribution in [2.24, 2.45) is 0 Å². The van der Waals surface area contributed by atoms with Crippen LogP contribution in [-0.2, 0) is 13.0 Å². The van der Waals surface area contributed by atoms with Crippen molar-refractivity contribution in [3.05, 3.63) is 126 Å². The highest BCUT2D eigenvalue weighted by Gasteiger charge is 2.37. The van der Waals surface area contributed by atoms with Crippen molar-refractivity contribution >= 4 is 16.6 Å². The lowest BCUT2D eigenvalue weighted by Crippen LogP contribution is -2.24. The lowest BCUT2D eigenvalue weighted by Gasteiger charge is -2.15. The zero-order valence-corrected chi connectivity index (χ0v) is 22.9. The second-order valence-electron chi connectivity index (χ2n) is 10.3. The Morgan fingerprint density at radius 3 is 2.68 bits per heavy atom. The highest BCUT2D eigenvalue weighted by atomic mass is 19.3. The number of likely N-dealkylation sites (tertiary alicyclic amines) is 1. The van der Waals surface area contributed by atoms with Crippen LogP contribution in [0.3, 0.4) is 0 Å². The van der Waals surface area contributed by atoms with E-state index in [0.717, 1.165) is 38.9 Å². The molecule has 5 rings (SSSR count). The van der Waals surface area contributed by atoms with Gasteiger partial charge in [-0.1, -0.05) is 55.1 Å². The zero-order valence-electron chi connectivity index (χ0n) is 22.9. The molecule has 2 aromatic heterocycles. The average Bonchev–Trinajstić information content (AvgIpc) is 3.54. The average molecular weight is 556 g/mol. The Morgan fingerprint density at radius 2 is 1.93 bits per heavy atom. The molecule has 1 aliphatic rings. The quantitative estimate of drug-likeness (QED) is 0.200. The van der Waals surface area contributed by atoms with Crippen LogP contribution in [-0.4, -0.2) is 39.1 Å². The summed E-state index contributed by atoms with van der Waals surface area (Å²) in [5.41, 5.74) is 7.00. The predicted octanol–water partition coefficient (Wildman–Crippen LogP) is 7.42. The molecule has 1 saturated heterocycles.